The Morgan fingerprint density at radius 2 is 1.46 bits per heavy atom. The van der Waals surface area contributed by atoms with Crippen molar-refractivity contribution in [2.24, 2.45) is 11.1 Å². The van der Waals surface area contributed by atoms with Crippen molar-refractivity contribution in [3.63, 3.8) is 0 Å². The van der Waals surface area contributed by atoms with Gasteiger partial charge in [0.05, 0.1) is 5.52 Å². The monoisotopic (exact) mass is 762 g/mol. The number of oxime groups is 1. The molecule has 0 saturated carbocycles. The van der Waals surface area contributed by atoms with Crippen LogP contribution in [0.1, 0.15) is 95.0 Å². The molecule has 1 aromatic heterocycles. The Bertz CT molecular complexity index is 2470. The van der Waals surface area contributed by atoms with E-state index >= 15 is 0 Å². The van der Waals surface area contributed by atoms with Gasteiger partial charge in [0.15, 0.2) is 18.1 Å². The minimum atomic E-state index is -4.52. The molecule has 1 atom stereocenters. The van der Waals surface area contributed by atoms with Gasteiger partial charge in [-0.2, -0.15) is 13.2 Å². The van der Waals surface area contributed by atoms with Crippen LogP contribution < -0.4 is 4.74 Å². The van der Waals surface area contributed by atoms with E-state index in [9.17, 15) is 27.6 Å². The lowest BCUT2D eigenvalue weighted by Gasteiger charge is -2.19. The number of nitrogens with zero attached hydrogens (tertiary/aromatic N) is 2. The largest absolute Gasteiger partial charge is 0.484 e. The van der Waals surface area contributed by atoms with Crippen LogP contribution in [0.2, 0.25) is 0 Å². The maximum Gasteiger partial charge on any atom is 0.422 e. The van der Waals surface area contributed by atoms with E-state index in [0.29, 0.717) is 17.0 Å². The first-order valence-electron chi connectivity index (χ1n) is 18.9. The number of benzene rings is 5. The minimum Gasteiger partial charge on any atom is -0.484 e. The van der Waals surface area contributed by atoms with Crippen molar-refractivity contribution < 1.29 is 37.1 Å². The molecule has 290 valence electrons. The maximum atomic E-state index is 14.6. The van der Waals surface area contributed by atoms with Gasteiger partial charge in [0.2, 0.25) is 5.78 Å². The quantitative estimate of drug-likeness (QED) is 0.0477. The van der Waals surface area contributed by atoms with Crippen LogP contribution in [0.15, 0.2) is 90.1 Å². The summed E-state index contributed by atoms with van der Waals surface area (Å²) in [6.45, 7) is 10.7. The van der Waals surface area contributed by atoms with E-state index < -0.39 is 24.5 Å². The Morgan fingerprint density at radius 1 is 0.804 bits per heavy atom. The molecule has 0 amide bonds. The van der Waals surface area contributed by atoms with Gasteiger partial charge in [0, 0.05) is 57.4 Å². The molecule has 0 N–H and O–H groups in total. The number of carbonyl (C=O) groups excluding carboxylic acids is 3. The Kier molecular flexibility index (Phi) is 11.8. The highest BCUT2D eigenvalue weighted by Crippen LogP contribution is 2.39. The summed E-state index contributed by atoms with van der Waals surface area (Å²) >= 11 is 0. The summed E-state index contributed by atoms with van der Waals surface area (Å²) in [6.07, 6.45) is -0.301. The number of aromatic nitrogens is 1. The van der Waals surface area contributed by atoms with Gasteiger partial charge in [-0.15, -0.1) is 0 Å². The summed E-state index contributed by atoms with van der Waals surface area (Å²) in [6, 6.07) is 24.7. The molecule has 0 bridgehead atoms. The molecule has 1 unspecified atom stereocenters. The molecular weight excluding hydrogens is 718 g/mol. The fourth-order valence-electron chi connectivity index (χ4n) is 7.68. The number of Topliss-reactive ketones (excluding diaryl/α,β-unsaturated/α-hetero) is 1. The van der Waals surface area contributed by atoms with E-state index in [4.69, 9.17) is 9.57 Å². The van der Waals surface area contributed by atoms with Gasteiger partial charge in [-0.25, -0.2) is 4.79 Å². The summed E-state index contributed by atoms with van der Waals surface area (Å²) in [5, 5.41) is 7.23. The van der Waals surface area contributed by atoms with Crippen LogP contribution in [-0.4, -0.2) is 40.6 Å². The highest BCUT2D eigenvalue weighted by atomic mass is 19.4. The maximum absolute atomic E-state index is 14.6. The van der Waals surface area contributed by atoms with Gasteiger partial charge in [-0.1, -0.05) is 80.2 Å². The Morgan fingerprint density at radius 3 is 2.09 bits per heavy atom. The third-order valence-electron chi connectivity index (χ3n) is 10.3. The third-order valence-corrected chi connectivity index (χ3v) is 10.3. The number of halogens is 3. The zero-order valence-electron chi connectivity index (χ0n) is 32.5. The molecule has 6 aromatic rings. The average molecular weight is 763 g/mol. The van der Waals surface area contributed by atoms with Crippen molar-refractivity contribution in [2.75, 3.05) is 6.61 Å². The standard InChI is InChI=1S/C46H45F3N2O5/c1-7-9-12-31(8-2)25-51-40-20-17-33(44(53)42(50-56-30(6)52)32-15-18-34(19-16-32)55-26-46(47,48)49)23-37(40)38-24-39(35-13-10-11-14-36(35)43(38)51)45(54)41-28(4)21-27(3)22-29(41)5/h10-11,13-24,31H,7-9,12,25-26H2,1-6H3/b50-42+. The first kappa shape index (κ1) is 39.9. The second-order valence-corrected chi connectivity index (χ2v) is 14.5. The van der Waals surface area contributed by atoms with Gasteiger partial charge < -0.3 is 14.1 Å². The molecular formula is C46H45F3N2O5. The van der Waals surface area contributed by atoms with Crippen molar-refractivity contribution in [1.29, 1.82) is 0 Å². The molecule has 10 heteroatoms. The predicted molar refractivity (Wildman–Crippen MR) is 215 cm³/mol. The van der Waals surface area contributed by atoms with Crippen molar-refractivity contribution in [2.45, 2.75) is 79.9 Å². The summed E-state index contributed by atoms with van der Waals surface area (Å²) in [4.78, 5) is 45.7. The van der Waals surface area contributed by atoms with Crippen molar-refractivity contribution in [3.8, 4) is 5.75 Å². The van der Waals surface area contributed by atoms with Crippen LogP contribution in [0.3, 0.4) is 0 Å². The minimum absolute atomic E-state index is 0.0579. The highest BCUT2D eigenvalue weighted by molar-refractivity contribution is 6.51. The lowest BCUT2D eigenvalue weighted by atomic mass is 9.89. The molecule has 1 heterocycles. The summed E-state index contributed by atoms with van der Waals surface area (Å²) in [5.41, 5.74) is 6.18. The molecule has 0 fully saturated rings. The molecule has 0 spiro atoms. The number of ketones is 2. The topological polar surface area (TPSA) is 87.0 Å². The van der Waals surface area contributed by atoms with Gasteiger partial charge >= 0.3 is 12.1 Å². The van der Waals surface area contributed by atoms with Crippen LogP contribution >= 0.6 is 0 Å². The van der Waals surface area contributed by atoms with Crippen molar-refractivity contribution >= 4 is 55.8 Å². The number of alkyl halides is 3. The van der Waals surface area contributed by atoms with Gasteiger partial charge in [-0.3, -0.25) is 9.59 Å². The number of hydrogen-bond acceptors (Lipinski definition) is 6. The molecule has 0 aliphatic heterocycles. The first-order chi connectivity index (χ1) is 26.7. The number of carbonyl (C=O) groups is 3. The van der Waals surface area contributed by atoms with Crippen LogP contribution in [0.4, 0.5) is 13.2 Å². The van der Waals surface area contributed by atoms with Crippen molar-refractivity contribution in [1.82, 2.24) is 4.57 Å². The van der Waals surface area contributed by atoms with Crippen LogP contribution in [0.5, 0.6) is 5.75 Å². The van der Waals surface area contributed by atoms with Crippen LogP contribution in [0.25, 0.3) is 32.6 Å². The van der Waals surface area contributed by atoms with E-state index in [2.05, 4.69) is 23.6 Å². The van der Waals surface area contributed by atoms with Gasteiger partial charge in [0.25, 0.3) is 0 Å². The smallest absolute Gasteiger partial charge is 0.422 e. The third kappa shape index (κ3) is 8.39. The molecule has 56 heavy (non-hydrogen) atoms. The second kappa shape index (κ2) is 16.5. The van der Waals surface area contributed by atoms with E-state index in [0.717, 1.165) is 88.4 Å². The number of fused-ring (bicyclic) bond motifs is 5. The van der Waals surface area contributed by atoms with E-state index in [1.165, 1.54) is 24.3 Å². The fraction of sp³-hybridized carbons (Fsp3) is 0.304. The Balaban J connectivity index is 1.56. The number of ether oxygens (including phenoxy) is 1. The lowest BCUT2D eigenvalue weighted by Crippen LogP contribution is -2.19. The second-order valence-electron chi connectivity index (χ2n) is 14.5. The zero-order chi connectivity index (χ0) is 40.3. The Hall–Kier alpha value is -5.77. The zero-order valence-corrected chi connectivity index (χ0v) is 32.5. The number of rotatable bonds is 14. The van der Waals surface area contributed by atoms with E-state index in [1.54, 1.807) is 12.1 Å². The van der Waals surface area contributed by atoms with Gasteiger partial charge in [-0.05, 0) is 98.2 Å². The summed E-state index contributed by atoms with van der Waals surface area (Å²) in [7, 11) is 0. The first-order valence-corrected chi connectivity index (χ1v) is 18.9. The molecule has 0 aliphatic rings. The van der Waals surface area contributed by atoms with Crippen molar-refractivity contribution in [3.05, 3.63) is 124 Å². The predicted octanol–water partition coefficient (Wildman–Crippen LogP) is 11.4. The molecule has 0 aliphatic carbocycles. The summed E-state index contributed by atoms with van der Waals surface area (Å²) < 4.78 is 45.4. The van der Waals surface area contributed by atoms with E-state index in [-0.39, 0.29) is 28.4 Å². The number of unbranched alkanes of at least 4 members (excludes halogenated alkanes) is 1. The van der Waals surface area contributed by atoms with Gasteiger partial charge in [0.1, 0.15) is 5.75 Å². The highest BCUT2D eigenvalue weighted by Gasteiger charge is 2.29. The van der Waals surface area contributed by atoms with E-state index in [1.807, 2.05) is 69.3 Å². The average Bonchev–Trinajstić information content (AvgIpc) is 3.47. The number of aryl methyl sites for hydroxylation is 3. The lowest BCUT2D eigenvalue weighted by molar-refractivity contribution is -0.153. The van der Waals surface area contributed by atoms with Crippen LogP contribution in [0, 0.1) is 26.7 Å². The summed E-state index contributed by atoms with van der Waals surface area (Å²) in [5.74, 6) is -1.08. The Labute approximate surface area is 324 Å². The molecule has 7 nitrogen and oxygen atoms in total. The van der Waals surface area contributed by atoms with Crippen LogP contribution in [-0.2, 0) is 16.2 Å². The molecule has 0 saturated heterocycles. The molecule has 5 aromatic carbocycles. The fourth-order valence-corrected chi connectivity index (χ4v) is 7.68. The molecule has 6 rings (SSSR count). The molecule has 0 radical (unpaired) electrons. The normalized spacial score (nSPS) is 12.7. The number of hydrogen-bond donors (Lipinski definition) is 0. The SMILES string of the molecule is CCCCC(CC)Cn1c2ccc(C(=O)/C(=N/OC(C)=O)c3ccc(OCC(F)(F)F)cc3)cc2c2cc(C(=O)c3c(C)cc(C)cc3C)c3ccccc3c21.